The van der Waals surface area contributed by atoms with E-state index in [9.17, 15) is 9.59 Å². The van der Waals surface area contributed by atoms with Crippen molar-refractivity contribution in [3.05, 3.63) is 70.8 Å². The molecule has 31 heavy (non-hydrogen) atoms. The van der Waals surface area contributed by atoms with Crippen molar-refractivity contribution >= 4 is 24.1 Å². The first-order valence-electron chi connectivity index (χ1n) is 9.46. The van der Waals surface area contributed by atoms with E-state index in [1.165, 1.54) is 12.2 Å². The maximum Gasteiger partial charge on any atom is 0.348 e. The van der Waals surface area contributed by atoms with E-state index in [0.717, 1.165) is 0 Å². The highest BCUT2D eigenvalue weighted by molar-refractivity contribution is 5.98. The number of ether oxygens (including phenoxy) is 3. The number of esters is 2. The molecule has 2 aromatic carbocycles. The Hall–Kier alpha value is -4.36. The Kier molecular flexibility index (Phi) is 8.57. The van der Waals surface area contributed by atoms with Crippen LogP contribution in [0.1, 0.15) is 25.0 Å². The van der Waals surface area contributed by atoms with E-state index in [2.05, 4.69) is 0 Å². The predicted octanol–water partition coefficient (Wildman–Crippen LogP) is 4.42. The van der Waals surface area contributed by atoms with Crippen molar-refractivity contribution < 1.29 is 23.8 Å². The van der Waals surface area contributed by atoms with Gasteiger partial charge in [-0.3, -0.25) is 0 Å². The van der Waals surface area contributed by atoms with Crippen LogP contribution in [0.4, 0.5) is 0 Å². The average molecular weight is 416 g/mol. The number of carbonyl (C=O) groups is 2. The Morgan fingerprint density at radius 2 is 1.10 bits per heavy atom. The Balaban J connectivity index is 2.09. The van der Waals surface area contributed by atoms with Gasteiger partial charge < -0.3 is 14.2 Å². The van der Waals surface area contributed by atoms with Crippen molar-refractivity contribution in [3.63, 3.8) is 0 Å². The lowest BCUT2D eigenvalue weighted by Gasteiger charge is -2.07. The fourth-order valence-electron chi connectivity index (χ4n) is 2.42. The second kappa shape index (κ2) is 11.6. The predicted molar refractivity (Wildman–Crippen MR) is 113 cm³/mol. The summed E-state index contributed by atoms with van der Waals surface area (Å²) in [5, 5.41) is 18.2. The lowest BCUT2D eigenvalue weighted by molar-refractivity contribution is -0.138. The molecule has 0 radical (unpaired) electrons. The molecular formula is C24H20N2O5. The lowest BCUT2D eigenvalue weighted by Crippen LogP contribution is -2.05. The molecule has 7 heteroatoms. The Morgan fingerprint density at radius 1 is 0.742 bits per heavy atom. The molecule has 0 heterocycles. The zero-order chi connectivity index (χ0) is 22.6. The fourth-order valence-corrected chi connectivity index (χ4v) is 2.42. The summed E-state index contributed by atoms with van der Waals surface area (Å²) in [7, 11) is 0. The molecule has 0 unspecified atom stereocenters. The fraction of sp³-hybridized carbons (Fsp3) is 0.167. The van der Waals surface area contributed by atoms with Gasteiger partial charge in [-0.25, -0.2) is 9.59 Å². The molecule has 0 aromatic heterocycles. The van der Waals surface area contributed by atoms with Crippen LogP contribution in [0.2, 0.25) is 0 Å². The van der Waals surface area contributed by atoms with Gasteiger partial charge in [0.1, 0.15) is 34.8 Å². The van der Waals surface area contributed by atoms with Crippen molar-refractivity contribution in [3.8, 4) is 23.6 Å². The van der Waals surface area contributed by atoms with Crippen LogP contribution < -0.4 is 4.74 Å². The van der Waals surface area contributed by atoms with Gasteiger partial charge in [-0.05, 0) is 61.4 Å². The normalized spacial score (nSPS) is 11.1. The van der Waals surface area contributed by atoms with Gasteiger partial charge >= 0.3 is 11.9 Å². The van der Waals surface area contributed by atoms with Crippen molar-refractivity contribution in [1.29, 1.82) is 10.5 Å². The number of hydrogen-bond donors (Lipinski definition) is 0. The summed E-state index contributed by atoms with van der Waals surface area (Å²) in [6, 6.07) is 17.3. The largest absolute Gasteiger partial charge is 0.462 e. The molecule has 0 aliphatic rings. The van der Waals surface area contributed by atoms with Gasteiger partial charge in [0.25, 0.3) is 0 Å². The topological polar surface area (TPSA) is 109 Å². The van der Waals surface area contributed by atoms with Crippen molar-refractivity contribution in [2.45, 2.75) is 13.8 Å². The average Bonchev–Trinajstić information content (AvgIpc) is 2.78. The summed E-state index contributed by atoms with van der Waals surface area (Å²) >= 11 is 0. The molecule has 7 nitrogen and oxygen atoms in total. The van der Waals surface area contributed by atoms with Gasteiger partial charge in [-0.1, -0.05) is 24.3 Å². The Bertz CT molecular complexity index is 981. The number of nitrogens with zero attached hydrogens (tertiary/aromatic N) is 2. The van der Waals surface area contributed by atoms with E-state index in [1.807, 2.05) is 12.1 Å². The van der Waals surface area contributed by atoms with E-state index >= 15 is 0 Å². The number of benzene rings is 2. The minimum Gasteiger partial charge on any atom is -0.462 e. The van der Waals surface area contributed by atoms with Crippen LogP contribution >= 0.6 is 0 Å². The maximum atomic E-state index is 11.7. The maximum absolute atomic E-state index is 11.7. The van der Waals surface area contributed by atoms with Crippen LogP contribution in [0.15, 0.2) is 59.7 Å². The molecule has 0 bridgehead atoms. The van der Waals surface area contributed by atoms with Crippen LogP contribution in [-0.2, 0) is 19.1 Å². The molecular weight excluding hydrogens is 396 g/mol. The third kappa shape index (κ3) is 6.88. The molecule has 0 fully saturated rings. The van der Waals surface area contributed by atoms with E-state index < -0.39 is 11.9 Å². The quantitative estimate of drug-likeness (QED) is 0.356. The standard InChI is InChI=1S/C24H20N2O5/c1-3-29-23(27)19(15-25)13-17-5-9-21(10-6-17)31-22-11-7-18(8-12-22)14-20(16-26)24(28)30-4-2/h5-14H,3-4H2,1-2H3. The molecule has 0 amide bonds. The highest BCUT2D eigenvalue weighted by Crippen LogP contribution is 2.23. The van der Waals surface area contributed by atoms with Gasteiger partial charge in [0, 0.05) is 0 Å². The zero-order valence-corrected chi connectivity index (χ0v) is 17.1. The first kappa shape index (κ1) is 22.9. The Morgan fingerprint density at radius 3 is 1.39 bits per heavy atom. The van der Waals surface area contributed by atoms with Gasteiger partial charge in [-0.15, -0.1) is 0 Å². The summed E-state index contributed by atoms with van der Waals surface area (Å²) in [5.74, 6) is -0.220. The van der Waals surface area contributed by atoms with E-state index in [-0.39, 0.29) is 24.4 Å². The van der Waals surface area contributed by atoms with Crippen molar-refractivity contribution in [2.75, 3.05) is 13.2 Å². The molecule has 0 aliphatic heterocycles. The molecule has 0 spiro atoms. The third-order valence-corrected chi connectivity index (χ3v) is 3.85. The van der Waals surface area contributed by atoms with Crippen molar-refractivity contribution in [1.82, 2.24) is 0 Å². The van der Waals surface area contributed by atoms with E-state index in [0.29, 0.717) is 22.6 Å². The van der Waals surface area contributed by atoms with Gasteiger partial charge in [0.2, 0.25) is 0 Å². The van der Waals surface area contributed by atoms with Gasteiger partial charge in [0.05, 0.1) is 13.2 Å². The number of nitriles is 2. The summed E-state index contributed by atoms with van der Waals surface area (Å²) in [6.45, 7) is 3.73. The second-order valence-electron chi connectivity index (χ2n) is 6.02. The van der Waals surface area contributed by atoms with Crippen LogP contribution in [0.25, 0.3) is 12.2 Å². The second-order valence-corrected chi connectivity index (χ2v) is 6.02. The van der Waals surface area contributed by atoms with Gasteiger partial charge in [-0.2, -0.15) is 10.5 Å². The number of rotatable bonds is 8. The molecule has 0 N–H and O–H groups in total. The van der Waals surface area contributed by atoms with Crippen LogP contribution in [0, 0.1) is 22.7 Å². The first-order chi connectivity index (χ1) is 15.0. The zero-order valence-electron chi connectivity index (χ0n) is 17.1. The number of hydrogen-bond acceptors (Lipinski definition) is 7. The molecule has 2 aromatic rings. The minimum absolute atomic E-state index is 0.0845. The summed E-state index contributed by atoms with van der Waals surface area (Å²) in [6.07, 6.45) is 2.89. The van der Waals surface area contributed by atoms with Crippen LogP contribution in [-0.4, -0.2) is 25.2 Å². The summed E-state index contributed by atoms with van der Waals surface area (Å²) in [4.78, 5) is 23.4. The summed E-state index contributed by atoms with van der Waals surface area (Å²) < 4.78 is 15.4. The summed E-state index contributed by atoms with van der Waals surface area (Å²) in [5.41, 5.74) is 1.14. The van der Waals surface area contributed by atoms with Crippen LogP contribution in [0.3, 0.4) is 0 Å². The molecule has 0 atom stereocenters. The van der Waals surface area contributed by atoms with Crippen LogP contribution in [0.5, 0.6) is 11.5 Å². The molecule has 0 saturated carbocycles. The SMILES string of the molecule is CCOC(=O)C(C#N)=Cc1ccc(Oc2ccc(C=C(C#N)C(=O)OCC)cc2)cc1. The highest BCUT2D eigenvalue weighted by atomic mass is 16.5. The first-order valence-corrected chi connectivity index (χ1v) is 9.46. The smallest absolute Gasteiger partial charge is 0.348 e. The van der Waals surface area contributed by atoms with E-state index in [4.69, 9.17) is 24.7 Å². The molecule has 2 rings (SSSR count). The third-order valence-electron chi connectivity index (χ3n) is 3.85. The monoisotopic (exact) mass is 416 g/mol. The minimum atomic E-state index is -0.665. The lowest BCUT2D eigenvalue weighted by atomic mass is 10.1. The molecule has 156 valence electrons. The van der Waals surface area contributed by atoms with Gasteiger partial charge in [0.15, 0.2) is 0 Å². The molecule has 0 saturated heterocycles. The highest BCUT2D eigenvalue weighted by Gasteiger charge is 2.10. The van der Waals surface area contributed by atoms with E-state index in [1.54, 1.807) is 62.4 Å². The van der Waals surface area contributed by atoms with Crippen molar-refractivity contribution in [2.24, 2.45) is 0 Å². The molecule has 0 aliphatic carbocycles. The number of carbonyl (C=O) groups excluding carboxylic acids is 2. The Labute approximate surface area is 180 Å².